The normalized spacial score (nSPS) is 19.1. The van der Waals surface area contributed by atoms with Gasteiger partial charge in [-0.3, -0.25) is 10.00 Å². The molecule has 1 fully saturated rings. The molecule has 1 aliphatic rings. The van der Waals surface area contributed by atoms with E-state index in [1.54, 1.807) is 7.11 Å². The molecule has 1 N–H and O–H groups in total. The molecule has 5 nitrogen and oxygen atoms in total. The minimum atomic E-state index is -2.58. The van der Waals surface area contributed by atoms with Crippen LogP contribution in [-0.2, 0) is 6.54 Å². The zero-order valence-electron chi connectivity index (χ0n) is 17.7. The van der Waals surface area contributed by atoms with E-state index in [-0.39, 0.29) is 17.5 Å². The lowest BCUT2D eigenvalue weighted by molar-refractivity contribution is 0.146. The minimum absolute atomic E-state index is 0.0620. The van der Waals surface area contributed by atoms with Gasteiger partial charge in [-0.2, -0.15) is 5.10 Å². The van der Waals surface area contributed by atoms with E-state index in [1.807, 2.05) is 43.3 Å². The van der Waals surface area contributed by atoms with Crippen LogP contribution in [0.25, 0.3) is 0 Å². The van der Waals surface area contributed by atoms with Crippen molar-refractivity contribution in [3.63, 3.8) is 0 Å². The number of aromatic amines is 1. The Balaban J connectivity index is 1.58. The first-order valence-corrected chi connectivity index (χ1v) is 10.5. The predicted octanol–water partition coefficient (Wildman–Crippen LogP) is 5.14. The maximum Gasteiger partial charge on any atom is 0.282 e. The van der Waals surface area contributed by atoms with Crippen LogP contribution in [0.3, 0.4) is 0 Å². The van der Waals surface area contributed by atoms with Crippen molar-refractivity contribution >= 4 is 0 Å². The number of H-pyrrole nitrogens is 1. The number of aromatic nitrogens is 2. The number of nitrogens with one attached hydrogen (secondary N) is 1. The molecule has 2 atom stereocenters. The van der Waals surface area contributed by atoms with Crippen molar-refractivity contribution in [2.75, 3.05) is 26.8 Å². The molecule has 0 amide bonds. The van der Waals surface area contributed by atoms with E-state index in [0.717, 1.165) is 36.6 Å². The van der Waals surface area contributed by atoms with Crippen molar-refractivity contribution in [1.82, 2.24) is 15.1 Å². The van der Waals surface area contributed by atoms with Crippen molar-refractivity contribution in [3.05, 3.63) is 77.1 Å². The van der Waals surface area contributed by atoms with Crippen LogP contribution in [0.1, 0.15) is 47.7 Å². The summed E-state index contributed by atoms with van der Waals surface area (Å²) in [6.45, 7) is 4.82. The monoisotopic (exact) mass is 427 g/mol. The summed E-state index contributed by atoms with van der Waals surface area (Å²) in [5.74, 6) is 1.70. The summed E-state index contributed by atoms with van der Waals surface area (Å²) in [6, 6.07) is 17.7. The fourth-order valence-corrected chi connectivity index (χ4v) is 4.37. The first-order chi connectivity index (χ1) is 15.1. The zero-order valence-corrected chi connectivity index (χ0v) is 17.7. The molecular formula is C24H27F2N3O2. The van der Waals surface area contributed by atoms with Gasteiger partial charge in [-0.25, -0.2) is 8.78 Å². The summed E-state index contributed by atoms with van der Waals surface area (Å²) >= 11 is 0. The maximum atomic E-state index is 13.1. The maximum absolute atomic E-state index is 13.1. The Hall–Kier alpha value is -2.93. The number of alkyl halides is 2. The number of likely N-dealkylation sites (tertiary alicyclic amines) is 1. The number of ether oxygens (including phenoxy) is 2. The molecule has 0 bridgehead atoms. The van der Waals surface area contributed by atoms with Gasteiger partial charge in [-0.05, 0) is 36.2 Å². The van der Waals surface area contributed by atoms with E-state index < -0.39 is 6.43 Å². The summed E-state index contributed by atoms with van der Waals surface area (Å²) in [5.41, 5.74) is 2.88. The van der Waals surface area contributed by atoms with Crippen LogP contribution in [0, 0.1) is 0 Å². The highest BCUT2D eigenvalue weighted by atomic mass is 19.3. The molecular weight excluding hydrogens is 400 g/mol. The van der Waals surface area contributed by atoms with Crippen LogP contribution >= 0.6 is 0 Å². The average Bonchev–Trinajstić information content (AvgIpc) is 3.42. The lowest BCUT2D eigenvalue weighted by Gasteiger charge is -2.18. The van der Waals surface area contributed by atoms with Gasteiger partial charge in [0.25, 0.3) is 6.43 Å². The molecule has 164 valence electrons. The van der Waals surface area contributed by atoms with E-state index in [0.29, 0.717) is 12.4 Å². The van der Waals surface area contributed by atoms with Gasteiger partial charge in [0.2, 0.25) is 0 Å². The fourth-order valence-electron chi connectivity index (χ4n) is 4.37. The van der Waals surface area contributed by atoms with Crippen molar-refractivity contribution in [3.8, 4) is 11.5 Å². The molecule has 0 radical (unpaired) electrons. The summed E-state index contributed by atoms with van der Waals surface area (Å²) in [7, 11) is 1.63. The van der Waals surface area contributed by atoms with Crippen LogP contribution in [0.5, 0.6) is 11.5 Å². The molecule has 2 heterocycles. The third-order valence-electron chi connectivity index (χ3n) is 5.80. The predicted molar refractivity (Wildman–Crippen MR) is 115 cm³/mol. The SMILES string of the molecule is CCOc1cc(CN2C[C@@H](c3ccccc3)[C@H](c3cc(C(F)F)n[nH]3)C2)ccc1OC. The number of nitrogens with zero attached hydrogens (tertiary/aromatic N) is 2. The third-order valence-corrected chi connectivity index (χ3v) is 5.80. The Morgan fingerprint density at radius 3 is 2.52 bits per heavy atom. The Morgan fingerprint density at radius 2 is 1.84 bits per heavy atom. The summed E-state index contributed by atoms with van der Waals surface area (Å²) < 4.78 is 37.3. The number of hydrogen-bond acceptors (Lipinski definition) is 4. The average molecular weight is 427 g/mol. The largest absolute Gasteiger partial charge is 0.493 e. The van der Waals surface area contributed by atoms with Crippen LogP contribution < -0.4 is 9.47 Å². The highest BCUT2D eigenvalue weighted by molar-refractivity contribution is 5.43. The third kappa shape index (κ3) is 4.71. The molecule has 1 aromatic heterocycles. The van der Waals surface area contributed by atoms with E-state index in [9.17, 15) is 8.78 Å². The van der Waals surface area contributed by atoms with Crippen molar-refractivity contribution in [2.24, 2.45) is 0 Å². The van der Waals surface area contributed by atoms with E-state index in [4.69, 9.17) is 9.47 Å². The molecule has 0 saturated carbocycles. The standard InChI is InChI=1S/C24H27F2N3O2/c1-3-31-23-11-16(9-10-22(23)30-2)13-29-14-18(17-7-5-4-6-8-17)19(15-29)20-12-21(24(25)26)28-27-20/h4-12,18-19,24H,3,13-15H2,1-2H3,(H,27,28)/t18-,19+/m0/s1. The fraction of sp³-hybridized carbons (Fsp3) is 0.375. The first-order valence-electron chi connectivity index (χ1n) is 10.5. The number of benzene rings is 2. The van der Waals surface area contributed by atoms with Crippen LogP contribution in [-0.4, -0.2) is 41.9 Å². The van der Waals surface area contributed by atoms with E-state index in [1.165, 1.54) is 11.6 Å². The molecule has 2 aromatic carbocycles. The number of hydrogen-bond donors (Lipinski definition) is 1. The second kappa shape index (κ2) is 9.47. The summed E-state index contributed by atoms with van der Waals surface area (Å²) in [4.78, 5) is 2.35. The van der Waals surface area contributed by atoms with Gasteiger partial charge in [0.15, 0.2) is 11.5 Å². The quantitative estimate of drug-likeness (QED) is 0.541. The van der Waals surface area contributed by atoms with Gasteiger partial charge in [0.1, 0.15) is 5.69 Å². The topological polar surface area (TPSA) is 50.4 Å². The van der Waals surface area contributed by atoms with Gasteiger partial charge < -0.3 is 9.47 Å². The molecule has 4 rings (SSSR count). The molecule has 31 heavy (non-hydrogen) atoms. The molecule has 7 heteroatoms. The lowest BCUT2D eigenvalue weighted by atomic mass is 9.87. The second-order valence-corrected chi connectivity index (χ2v) is 7.78. The Morgan fingerprint density at radius 1 is 1.06 bits per heavy atom. The number of halogens is 2. The molecule has 3 aromatic rings. The molecule has 0 aliphatic carbocycles. The van der Waals surface area contributed by atoms with Crippen LogP contribution in [0.15, 0.2) is 54.6 Å². The Kier molecular flexibility index (Phi) is 6.51. The van der Waals surface area contributed by atoms with Crippen molar-refractivity contribution in [2.45, 2.75) is 31.7 Å². The van der Waals surface area contributed by atoms with Gasteiger partial charge >= 0.3 is 0 Å². The zero-order chi connectivity index (χ0) is 21.8. The van der Waals surface area contributed by atoms with Crippen LogP contribution in [0.2, 0.25) is 0 Å². The molecule has 1 saturated heterocycles. The van der Waals surface area contributed by atoms with Crippen LogP contribution in [0.4, 0.5) is 8.78 Å². The van der Waals surface area contributed by atoms with Gasteiger partial charge in [-0.15, -0.1) is 0 Å². The Labute approximate surface area is 181 Å². The van der Waals surface area contributed by atoms with Gasteiger partial charge in [0.05, 0.1) is 13.7 Å². The Bertz CT molecular complexity index is 993. The van der Waals surface area contributed by atoms with E-state index in [2.05, 4.69) is 27.2 Å². The highest BCUT2D eigenvalue weighted by Crippen LogP contribution is 2.40. The lowest BCUT2D eigenvalue weighted by Crippen LogP contribution is -2.20. The molecule has 0 unspecified atom stereocenters. The van der Waals surface area contributed by atoms with Gasteiger partial charge in [0, 0.05) is 37.2 Å². The highest BCUT2D eigenvalue weighted by Gasteiger charge is 2.36. The van der Waals surface area contributed by atoms with Crippen molar-refractivity contribution in [1.29, 1.82) is 0 Å². The molecule has 1 aliphatic heterocycles. The summed E-state index contributed by atoms with van der Waals surface area (Å²) in [5, 5.41) is 6.69. The van der Waals surface area contributed by atoms with Gasteiger partial charge in [-0.1, -0.05) is 36.4 Å². The first kappa shape index (κ1) is 21.3. The smallest absolute Gasteiger partial charge is 0.282 e. The second-order valence-electron chi connectivity index (χ2n) is 7.78. The number of rotatable bonds is 8. The molecule has 0 spiro atoms. The van der Waals surface area contributed by atoms with Crippen molar-refractivity contribution < 1.29 is 18.3 Å². The van der Waals surface area contributed by atoms with E-state index >= 15 is 0 Å². The summed E-state index contributed by atoms with van der Waals surface area (Å²) in [6.07, 6.45) is -2.58. The number of methoxy groups -OCH3 is 1. The minimum Gasteiger partial charge on any atom is -0.493 e.